The molecule has 2 atom stereocenters. The number of carbonyl (C=O) groups is 1. The van der Waals surface area contributed by atoms with Gasteiger partial charge >= 0.3 is 0 Å². The third-order valence-electron chi connectivity index (χ3n) is 4.75. The quantitative estimate of drug-likeness (QED) is 0.792. The molecule has 3 heteroatoms. The lowest BCUT2D eigenvalue weighted by Gasteiger charge is -2.25. The Hall–Kier alpha value is -1.02. The minimum Gasteiger partial charge on any atom is -0.354 e. The molecule has 1 aliphatic rings. The normalized spacial score (nSPS) is 19.1. The van der Waals surface area contributed by atoms with Gasteiger partial charge in [-0.2, -0.15) is 0 Å². The van der Waals surface area contributed by atoms with Crippen LogP contribution in [0.5, 0.6) is 0 Å². The van der Waals surface area contributed by atoms with Gasteiger partial charge in [0.1, 0.15) is 0 Å². The lowest BCUT2D eigenvalue weighted by atomic mass is 9.83. The van der Waals surface area contributed by atoms with Gasteiger partial charge in [-0.05, 0) is 36.3 Å². The number of rotatable bonds is 6. The Labute approximate surface area is 133 Å². The van der Waals surface area contributed by atoms with E-state index in [-0.39, 0.29) is 17.2 Å². The van der Waals surface area contributed by atoms with Gasteiger partial charge in [-0.25, -0.2) is 0 Å². The number of benzene rings is 1. The molecule has 2 unspecified atom stereocenters. The molecule has 1 aromatic rings. The molecule has 0 saturated heterocycles. The summed E-state index contributed by atoms with van der Waals surface area (Å²) >= 11 is 6.40. The third kappa shape index (κ3) is 4.23. The van der Waals surface area contributed by atoms with Crippen LogP contribution in [-0.2, 0) is 17.6 Å². The fourth-order valence-electron chi connectivity index (χ4n) is 3.23. The highest BCUT2D eigenvalue weighted by Crippen LogP contribution is 2.25. The summed E-state index contributed by atoms with van der Waals surface area (Å²) in [7, 11) is 0. The highest BCUT2D eigenvalue weighted by molar-refractivity contribution is 6.21. The van der Waals surface area contributed by atoms with Gasteiger partial charge in [-0.1, -0.05) is 51.0 Å². The molecule has 2 rings (SSSR count). The van der Waals surface area contributed by atoms with Crippen molar-refractivity contribution in [3.05, 3.63) is 35.4 Å². The molecule has 21 heavy (non-hydrogen) atoms. The fourth-order valence-corrected chi connectivity index (χ4v) is 3.66. The van der Waals surface area contributed by atoms with Crippen LogP contribution in [0.25, 0.3) is 0 Å². The van der Waals surface area contributed by atoms with Crippen LogP contribution in [0.15, 0.2) is 24.3 Å². The molecule has 0 fully saturated rings. The zero-order chi connectivity index (χ0) is 15.2. The molecule has 0 saturated carbocycles. The Morgan fingerprint density at radius 3 is 2.62 bits per heavy atom. The van der Waals surface area contributed by atoms with Crippen molar-refractivity contribution in [2.45, 2.75) is 51.3 Å². The zero-order valence-electron chi connectivity index (χ0n) is 13.1. The number of aryl methyl sites for hydroxylation is 1. The lowest BCUT2D eigenvalue weighted by molar-refractivity contribution is -0.125. The lowest BCUT2D eigenvalue weighted by Crippen LogP contribution is -2.38. The van der Waals surface area contributed by atoms with Crippen molar-refractivity contribution < 1.29 is 4.79 Å². The van der Waals surface area contributed by atoms with Crippen molar-refractivity contribution in [3.63, 3.8) is 0 Å². The summed E-state index contributed by atoms with van der Waals surface area (Å²) in [6.45, 7) is 4.90. The second-order valence-corrected chi connectivity index (χ2v) is 6.61. The second-order valence-electron chi connectivity index (χ2n) is 6.05. The van der Waals surface area contributed by atoms with Crippen molar-refractivity contribution >= 4 is 17.5 Å². The van der Waals surface area contributed by atoms with E-state index in [0.29, 0.717) is 12.5 Å². The topological polar surface area (TPSA) is 29.1 Å². The van der Waals surface area contributed by atoms with Gasteiger partial charge in [0.05, 0.1) is 5.38 Å². The maximum atomic E-state index is 12.3. The number of alkyl halides is 1. The first kappa shape index (κ1) is 16.4. The van der Waals surface area contributed by atoms with E-state index < -0.39 is 0 Å². The number of nitrogens with one attached hydrogen (secondary N) is 1. The van der Waals surface area contributed by atoms with E-state index in [1.807, 2.05) is 0 Å². The van der Waals surface area contributed by atoms with Crippen LogP contribution in [0, 0.1) is 11.8 Å². The van der Waals surface area contributed by atoms with E-state index in [1.165, 1.54) is 11.1 Å². The molecule has 1 amide bonds. The maximum absolute atomic E-state index is 12.3. The van der Waals surface area contributed by atoms with E-state index in [0.717, 1.165) is 32.1 Å². The Bertz CT molecular complexity index is 470. The number of hydrogen-bond donors (Lipinski definition) is 1. The van der Waals surface area contributed by atoms with Gasteiger partial charge < -0.3 is 5.32 Å². The van der Waals surface area contributed by atoms with Gasteiger partial charge in [-0.15, -0.1) is 11.6 Å². The molecular formula is C18H26ClNO. The third-order valence-corrected chi connectivity index (χ3v) is 5.26. The Balaban J connectivity index is 1.85. The van der Waals surface area contributed by atoms with Crippen LogP contribution in [0.3, 0.4) is 0 Å². The van der Waals surface area contributed by atoms with E-state index >= 15 is 0 Å². The summed E-state index contributed by atoms with van der Waals surface area (Å²) in [6.07, 6.45) is 4.94. The predicted molar refractivity (Wildman–Crippen MR) is 88.7 cm³/mol. The van der Waals surface area contributed by atoms with Gasteiger partial charge in [0.2, 0.25) is 5.91 Å². The molecule has 116 valence electrons. The molecule has 0 radical (unpaired) electrons. The van der Waals surface area contributed by atoms with E-state index in [9.17, 15) is 4.79 Å². The van der Waals surface area contributed by atoms with Gasteiger partial charge in [0, 0.05) is 12.5 Å². The molecule has 1 aromatic carbocycles. The molecule has 2 nitrogen and oxygen atoms in total. The fraction of sp³-hybridized carbons (Fsp3) is 0.611. The van der Waals surface area contributed by atoms with Crippen molar-refractivity contribution in [1.29, 1.82) is 0 Å². The highest BCUT2D eigenvalue weighted by Gasteiger charge is 2.25. The largest absolute Gasteiger partial charge is 0.354 e. The molecule has 0 spiro atoms. The summed E-state index contributed by atoms with van der Waals surface area (Å²) in [4.78, 5) is 12.3. The average Bonchev–Trinajstić information content (AvgIpc) is 2.53. The summed E-state index contributed by atoms with van der Waals surface area (Å²) in [6, 6.07) is 8.45. The Kier molecular flexibility index (Phi) is 6.10. The van der Waals surface area contributed by atoms with E-state index in [2.05, 4.69) is 43.4 Å². The first-order chi connectivity index (χ1) is 10.2. The van der Waals surface area contributed by atoms with Crippen LogP contribution in [0.4, 0.5) is 0 Å². The maximum Gasteiger partial charge on any atom is 0.223 e. The predicted octanol–water partition coefficient (Wildman–Crippen LogP) is 3.95. The van der Waals surface area contributed by atoms with Crippen LogP contribution in [-0.4, -0.2) is 17.8 Å². The van der Waals surface area contributed by atoms with Gasteiger partial charge in [0.15, 0.2) is 0 Å². The monoisotopic (exact) mass is 307 g/mol. The first-order valence-corrected chi connectivity index (χ1v) is 8.57. The first-order valence-electron chi connectivity index (χ1n) is 8.14. The Morgan fingerprint density at radius 2 is 1.95 bits per heavy atom. The smallest absolute Gasteiger partial charge is 0.223 e. The van der Waals surface area contributed by atoms with Crippen LogP contribution in [0.2, 0.25) is 0 Å². The van der Waals surface area contributed by atoms with Crippen LogP contribution < -0.4 is 5.32 Å². The van der Waals surface area contributed by atoms with Crippen molar-refractivity contribution in [1.82, 2.24) is 5.32 Å². The van der Waals surface area contributed by atoms with Gasteiger partial charge in [0.25, 0.3) is 0 Å². The molecule has 1 aliphatic carbocycles. The second kappa shape index (κ2) is 7.84. The van der Waals surface area contributed by atoms with E-state index in [4.69, 9.17) is 11.6 Å². The van der Waals surface area contributed by atoms with Gasteiger partial charge in [-0.3, -0.25) is 4.79 Å². The number of amides is 1. The zero-order valence-corrected chi connectivity index (χ0v) is 13.8. The molecular weight excluding hydrogens is 282 g/mol. The summed E-state index contributed by atoms with van der Waals surface area (Å²) in [5, 5.41) is 3.10. The SMILES string of the molecule is CCC(CC)C(Cl)CNC(=O)C1CCc2ccccc2C1. The van der Waals surface area contributed by atoms with Crippen LogP contribution >= 0.6 is 11.6 Å². The molecule has 1 N–H and O–H groups in total. The highest BCUT2D eigenvalue weighted by atomic mass is 35.5. The Morgan fingerprint density at radius 1 is 1.29 bits per heavy atom. The minimum atomic E-state index is 0.0415. The summed E-state index contributed by atoms with van der Waals surface area (Å²) in [5.41, 5.74) is 2.72. The number of hydrogen-bond acceptors (Lipinski definition) is 1. The minimum absolute atomic E-state index is 0.0415. The van der Waals surface area contributed by atoms with Crippen molar-refractivity contribution in [3.8, 4) is 0 Å². The standard InChI is InChI=1S/C18H26ClNO/c1-3-13(4-2)17(19)12-20-18(21)16-10-9-14-7-5-6-8-15(14)11-16/h5-8,13,16-17H,3-4,9-12H2,1-2H3,(H,20,21). The number of carbonyl (C=O) groups excluding carboxylic acids is 1. The molecule has 0 heterocycles. The molecule has 0 aromatic heterocycles. The van der Waals surface area contributed by atoms with Crippen molar-refractivity contribution in [2.24, 2.45) is 11.8 Å². The average molecular weight is 308 g/mol. The number of halogens is 1. The summed E-state index contributed by atoms with van der Waals surface area (Å²) < 4.78 is 0. The molecule has 0 bridgehead atoms. The van der Waals surface area contributed by atoms with E-state index in [1.54, 1.807) is 0 Å². The summed E-state index contributed by atoms with van der Waals surface area (Å²) in [5.74, 6) is 0.755. The van der Waals surface area contributed by atoms with Crippen LogP contribution in [0.1, 0.15) is 44.2 Å². The van der Waals surface area contributed by atoms with Crippen molar-refractivity contribution in [2.75, 3.05) is 6.54 Å². The number of fused-ring (bicyclic) bond motifs is 1. The molecule has 0 aliphatic heterocycles.